The Bertz CT molecular complexity index is 447. The zero-order chi connectivity index (χ0) is 10.1. The topological polar surface area (TPSA) is 56.5 Å². The molecule has 0 aromatic carbocycles. The molecule has 0 saturated carbocycles. The minimum Gasteiger partial charge on any atom is -0.245 e. The highest BCUT2D eigenvalue weighted by Crippen LogP contribution is 2.24. The number of aryl methyl sites for hydroxylation is 1. The number of halogens is 2. The van der Waals surface area contributed by atoms with E-state index in [1.165, 1.54) is 6.33 Å². The van der Waals surface area contributed by atoms with Crippen molar-refractivity contribution in [3.05, 3.63) is 21.6 Å². The van der Waals surface area contributed by atoms with Crippen molar-refractivity contribution >= 4 is 31.9 Å². The molecule has 0 bridgehead atoms. The molecule has 0 fully saturated rings. The van der Waals surface area contributed by atoms with E-state index in [0.29, 0.717) is 4.60 Å². The lowest BCUT2D eigenvalue weighted by Crippen LogP contribution is -1.96. The van der Waals surface area contributed by atoms with Crippen molar-refractivity contribution in [2.75, 3.05) is 0 Å². The summed E-state index contributed by atoms with van der Waals surface area (Å²) in [6.07, 6.45) is 1.48. The van der Waals surface area contributed by atoms with Gasteiger partial charge < -0.3 is 0 Å². The minimum atomic E-state index is 0.672. The second-order valence-electron chi connectivity index (χ2n) is 2.58. The van der Waals surface area contributed by atoms with Gasteiger partial charge in [0.2, 0.25) is 0 Å². The van der Waals surface area contributed by atoms with Crippen LogP contribution in [0.15, 0.2) is 21.6 Å². The molecule has 0 saturated heterocycles. The molecule has 0 unspecified atom stereocenters. The number of nitrogens with zero attached hydrogens (tertiary/aromatic N) is 5. The average molecular weight is 319 g/mol. The van der Waals surface area contributed by atoms with Crippen LogP contribution in [-0.4, -0.2) is 25.0 Å². The molecule has 0 spiro atoms. The molecule has 7 heteroatoms. The third-order valence-electron chi connectivity index (χ3n) is 1.66. The van der Waals surface area contributed by atoms with Gasteiger partial charge in [0.15, 0.2) is 4.60 Å². The largest absolute Gasteiger partial charge is 0.245 e. The van der Waals surface area contributed by atoms with E-state index in [1.807, 2.05) is 13.1 Å². The van der Waals surface area contributed by atoms with E-state index < -0.39 is 0 Å². The fraction of sp³-hybridized carbons (Fsp3) is 0.143. The Balaban J connectivity index is 2.59. The zero-order valence-electron chi connectivity index (χ0n) is 7.15. The van der Waals surface area contributed by atoms with Gasteiger partial charge in [0, 0.05) is 7.05 Å². The molecule has 0 aliphatic rings. The fourth-order valence-corrected chi connectivity index (χ4v) is 1.91. The van der Waals surface area contributed by atoms with Gasteiger partial charge in [0.25, 0.3) is 0 Å². The van der Waals surface area contributed by atoms with Crippen molar-refractivity contribution in [2.24, 2.45) is 7.05 Å². The van der Waals surface area contributed by atoms with Gasteiger partial charge >= 0.3 is 0 Å². The van der Waals surface area contributed by atoms with Crippen molar-refractivity contribution in [1.29, 1.82) is 0 Å². The quantitative estimate of drug-likeness (QED) is 0.752. The van der Waals surface area contributed by atoms with Gasteiger partial charge in [-0.25, -0.2) is 14.6 Å². The Morgan fingerprint density at radius 2 is 2.07 bits per heavy atom. The smallest absolute Gasteiger partial charge is 0.157 e. The van der Waals surface area contributed by atoms with Crippen molar-refractivity contribution in [1.82, 2.24) is 25.0 Å². The first kappa shape index (κ1) is 9.72. The molecule has 14 heavy (non-hydrogen) atoms. The molecular formula is C7H5Br2N5. The monoisotopic (exact) mass is 317 g/mol. The highest BCUT2D eigenvalue weighted by atomic mass is 79.9. The molecule has 0 amide bonds. The summed E-state index contributed by atoms with van der Waals surface area (Å²) in [4.78, 5) is 8.08. The third-order valence-corrected chi connectivity index (χ3v) is 2.63. The molecular weight excluding hydrogens is 314 g/mol. The van der Waals surface area contributed by atoms with E-state index in [9.17, 15) is 0 Å². The normalized spacial score (nSPS) is 10.5. The highest BCUT2D eigenvalue weighted by Gasteiger charge is 2.11. The molecule has 0 atom stereocenters. The number of rotatable bonds is 1. The summed E-state index contributed by atoms with van der Waals surface area (Å²) in [7, 11) is 1.81. The van der Waals surface area contributed by atoms with E-state index in [0.717, 1.165) is 16.0 Å². The van der Waals surface area contributed by atoms with Crippen LogP contribution in [0.5, 0.6) is 0 Å². The first-order valence-corrected chi connectivity index (χ1v) is 5.30. The van der Waals surface area contributed by atoms with Crippen LogP contribution < -0.4 is 0 Å². The number of aromatic nitrogens is 5. The molecule has 2 heterocycles. The molecule has 2 aromatic heterocycles. The Morgan fingerprint density at radius 3 is 2.64 bits per heavy atom. The Hall–Kier alpha value is -0.820. The van der Waals surface area contributed by atoms with E-state index >= 15 is 0 Å². The van der Waals surface area contributed by atoms with Crippen LogP contribution in [0.25, 0.3) is 11.4 Å². The lowest BCUT2D eigenvalue weighted by molar-refractivity contribution is 0.718. The van der Waals surface area contributed by atoms with Gasteiger partial charge in [-0.3, -0.25) is 0 Å². The third kappa shape index (κ3) is 1.69. The van der Waals surface area contributed by atoms with Gasteiger partial charge in [-0.2, -0.15) is 0 Å². The predicted octanol–water partition coefficient (Wildman–Crippen LogP) is 1.80. The van der Waals surface area contributed by atoms with Gasteiger partial charge in [-0.1, -0.05) is 5.21 Å². The predicted molar refractivity (Wildman–Crippen MR) is 57.4 cm³/mol. The van der Waals surface area contributed by atoms with Crippen molar-refractivity contribution in [3.8, 4) is 11.4 Å². The second kappa shape index (κ2) is 3.74. The summed E-state index contributed by atoms with van der Waals surface area (Å²) in [6, 6.07) is 1.81. The standard InChI is InChI=1S/C7H5Br2N5/c1-14-6(7(9)12-13-14)4-2-5(8)11-3-10-4/h2-3H,1H3. The van der Waals surface area contributed by atoms with E-state index in [4.69, 9.17) is 0 Å². The Morgan fingerprint density at radius 1 is 1.29 bits per heavy atom. The Kier molecular flexibility index (Phi) is 2.60. The van der Waals surface area contributed by atoms with Crippen LogP contribution in [-0.2, 0) is 7.05 Å². The minimum absolute atomic E-state index is 0.672. The van der Waals surface area contributed by atoms with Crippen LogP contribution in [0.4, 0.5) is 0 Å². The molecule has 0 N–H and O–H groups in total. The maximum atomic E-state index is 4.13. The van der Waals surface area contributed by atoms with Gasteiger partial charge in [-0.15, -0.1) is 5.10 Å². The fourth-order valence-electron chi connectivity index (χ4n) is 1.07. The number of hydrogen-bond acceptors (Lipinski definition) is 4. The number of hydrogen-bond donors (Lipinski definition) is 0. The highest BCUT2D eigenvalue weighted by molar-refractivity contribution is 9.10. The molecule has 0 radical (unpaired) electrons. The lowest BCUT2D eigenvalue weighted by Gasteiger charge is -1.99. The zero-order valence-corrected chi connectivity index (χ0v) is 10.3. The summed E-state index contributed by atoms with van der Waals surface area (Å²) < 4.78 is 3.06. The van der Waals surface area contributed by atoms with Crippen molar-refractivity contribution < 1.29 is 0 Å². The second-order valence-corrected chi connectivity index (χ2v) is 4.14. The lowest BCUT2D eigenvalue weighted by atomic mass is 10.3. The summed E-state index contributed by atoms with van der Waals surface area (Å²) >= 11 is 6.59. The van der Waals surface area contributed by atoms with E-state index in [-0.39, 0.29) is 0 Å². The molecule has 2 rings (SSSR count). The Labute approximate surface area is 96.8 Å². The van der Waals surface area contributed by atoms with Crippen LogP contribution in [0, 0.1) is 0 Å². The van der Waals surface area contributed by atoms with Gasteiger partial charge in [0.1, 0.15) is 16.6 Å². The molecule has 5 nitrogen and oxygen atoms in total. The molecule has 2 aromatic rings. The van der Waals surface area contributed by atoms with Crippen LogP contribution in [0.3, 0.4) is 0 Å². The van der Waals surface area contributed by atoms with Gasteiger partial charge in [0.05, 0.1) is 5.69 Å². The van der Waals surface area contributed by atoms with Crippen LogP contribution >= 0.6 is 31.9 Å². The molecule has 0 aliphatic heterocycles. The first-order chi connectivity index (χ1) is 6.68. The van der Waals surface area contributed by atoms with Crippen molar-refractivity contribution in [3.63, 3.8) is 0 Å². The maximum absolute atomic E-state index is 4.13. The first-order valence-electron chi connectivity index (χ1n) is 3.71. The maximum Gasteiger partial charge on any atom is 0.157 e. The van der Waals surface area contributed by atoms with Crippen LogP contribution in [0.1, 0.15) is 0 Å². The van der Waals surface area contributed by atoms with E-state index in [2.05, 4.69) is 52.1 Å². The van der Waals surface area contributed by atoms with Crippen molar-refractivity contribution in [2.45, 2.75) is 0 Å². The average Bonchev–Trinajstić information content (AvgIpc) is 2.46. The summed E-state index contributed by atoms with van der Waals surface area (Å²) in [5.41, 5.74) is 1.60. The molecule has 72 valence electrons. The molecule has 0 aliphatic carbocycles. The summed E-state index contributed by atoms with van der Waals surface area (Å²) in [6.45, 7) is 0. The SMILES string of the molecule is Cn1nnc(Br)c1-c1cc(Br)ncn1. The van der Waals surface area contributed by atoms with E-state index in [1.54, 1.807) is 4.68 Å². The van der Waals surface area contributed by atoms with Gasteiger partial charge in [-0.05, 0) is 37.9 Å². The summed E-state index contributed by atoms with van der Waals surface area (Å²) in [5, 5.41) is 7.74. The summed E-state index contributed by atoms with van der Waals surface area (Å²) in [5.74, 6) is 0. The van der Waals surface area contributed by atoms with Crippen LogP contribution in [0.2, 0.25) is 0 Å².